The molecule has 0 saturated heterocycles. The van der Waals surface area contributed by atoms with E-state index in [1.807, 2.05) is 6.92 Å². The van der Waals surface area contributed by atoms with Crippen LogP contribution in [0.25, 0.3) is 10.2 Å². The molecule has 0 aliphatic carbocycles. The number of nitrogens with zero attached hydrogens (tertiary/aromatic N) is 2. The number of carbonyl (C=O) groups is 2. The minimum atomic E-state index is -4.60. The Balaban J connectivity index is 1.77. The van der Waals surface area contributed by atoms with Crippen LogP contribution in [0.1, 0.15) is 40.9 Å². The molecule has 40 heavy (non-hydrogen) atoms. The van der Waals surface area contributed by atoms with Gasteiger partial charge in [0.25, 0.3) is 15.9 Å². The Morgan fingerprint density at radius 1 is 1.05 bits per heavy atom. The SMILES string of the molecule is CCC(C(=O)OC)n1c(=NC(=O)c2ccc(C)cc2)sc2cc(NS(=O)(=O)c3ccc(C(F)(F)F)cc3)ccc21. The number of thiazole rings is 1. The second-order valence-corrected chi connectivity index (χ2v) is 11.5. The van der Waals surface area contributed by atoms with Gasteiger partial charge in [-0.3, -0.25) is 9.52 Å². The summed E-state index contributed by atoms with van der Waals surface area (Å²) in [5, 5.41) is 0. The van der Waals surface area contributed by atoms with Gasteiger partial charge in [-0.15, -0.1) is 0 Å². The molecule has 0 aliphatic rings. The highest BCUT2D eigenvalue weighted by Gasteiger charge is 2.31. The molecule has 4 rings (SSSR count). The van der Waals surface area contributed by atoms with Gasteiger partial charge in [0, 0.05) is 5.56 Å². The Kier molecular flexibility index (Phi) is 8.17. The maximum atomic E-state index is 13.0. The van der Waals surface area contributed by atoms with Gasteiger partial charge in [0.15, 0.2) is 4.80 Å². The molecule has 8 nitrogen and oxygen atoms in total. The van der Waals surface area contributed by atoms with Crippen LogP contribution in [0, 0.1) is 6.92 Å². The standard InChI is InChI=1S/C27H24F3N3O5S2/c1-4-21(25(35)38-3)33-22-14-11-19(32-40(36,37)20-12-9-18(10-13-20)27(28,29)30)15-23(22)39-26(33)31-24(34)17-7-5-16(2)6-8-17/h5-15,21,32H,4H2,1-3H3. The number of hydrogen-bond acceptors (Lipinski definition) is 6. The van der Waals surface area contributed by atoms with Gasteiger partial charge >= 0.3 is 12.1 Å². The van der Waals surface area contributed by atoms with Crippen LogP contribution in [0.4, 0.5) is 18.9 Å². The normalized spacial score (nSPS) is 13.3. The molecule has 0 aliphatic heterocycles. The number of rotatable bonds is 7. The molecule has 13 heteroatoms. The lowest BCUT2D eigenvalue weighted by Gasteiger charge is -2.16. The zero-order chi connectivity index (χ0) is 29.2. The van der Waals surface area contributed by atoms with Crippen LogP contribution in [0.5, 0.6) is 0 Å². The van der Waals surface area contributed by atoms with Crippen molar-refractivity contribution < 1.29 is 35.9 Å². The number of methoxy groups -OCH3 is 1. The third-order valence-electron chi connectivity index (χ3n) is 6.04. The van der Waals surface area contributed by atoms with Gasteiger partial charge in [0.2, 0.25) is 0 Å². The fraction of sp³-hybridized carbons (Fsp3) is 0.222. The number of nitrogens with one attached hydrogen (secondary N) is 1. The summed E-state index contributed by atoms with van der Waals surface area (Å²) in [5.41, 5.74) is 0.990. The van der Waals surface area contributed by atoms with Crippen molar-refractivity contribution in [3.8, 4) is 0 Å². The smallest absolute Gasteiger partial charge is 0.416 e. The Bertz CT molecular complexity index is 1740. The molecule has 1 amide bonds. The molecule has 0 spiro atoms. The van der Waals surface area contributed by atoms with E-state index in [0.29, 0.717) is 34.3 Å². The van der Waals surface area contributed by atoms with E-state index in [-0.39, 0.29) is 15.4 Å². The van der Waals surface area contributed by atoms with Crippen LogP contribution >= 0.6 is 11.3 Å². The third-order valence-corrected chi connectivity index (χ3v) is 8.45. The maximum Gasteiger partial charge on any atom is 0.416 e. The number of ether oxygens (including phenoxy) is 1. The highest BCUT2D eigenvalue weighted by atomic mass is 32.2. The van der Waals surface area contributed by atoms with Crippen LogP contribution in [0.3, 0.4) is 0 Å². The molecular formula is C27H24F3N3O5S2. The highest BCUT2D eigenvalue weighted by molar-refractivity contribution is 7.92. The predicted octanol–water partition coefficient (Wildman–Crippen LogP) is 5.70. The van der Waals surface area contributed by atoms with Crippen molar-refractivity contribution >= 4 is 49.1 Å². The van der Waals surface area contributed by atoms with Gasteiger partial charge < -0.3 is 9.30 Å². The first-order valence-electron chi connectivity index (χ1n) is 11.9. The van der Waals surface area contributed by atoms with Crippen molar-refractivity contribution in [2.75, 3.05) is 11.8 Å². The summed E-state index contributed by atoms with van der Waals surface area (Å²) >= 11 is 1.07. The van der Waals surface area contributed by atoms with Gasteiger partial charge in [-0.2, -0.15) is 18.2 Å². The molecule has 1 unspecified atom stereocenters. The van der Waals surface area contributed by atoms with E-state index in [9.17, 15) is 31.2 Å². The fourth-order valence-corrected chi connectivity index (χ4v) is 6.12. The zero-order valence-corrected chi connectivity index (χ0v) is 23.2. The minimum absolute atomic E-state index is 0.128. The van der Waals surface area contributed by atoms with Crippen molar-refractivity contribution in [2.24, 2.45) is 4.99 Å². The Morgan fingerprint density at radius 3 is 2.27 bits per heavy atom. The number of aryl methyl sites for hydroxylation is 1. The van der Waals surface area contributed by atoms with Crippen LogP contribution in [-0.4, -0.2) is 32.0 Å². The number of benzene rings is 3. The summed E-state index contributed by atoms with van der Waals surface area (Å²) < 4.78 is 73.7. The number of amides is 1. The zero-order valence-electron chi connectivity index (χ0n) is 21.5. The van der Waals surface area contributed by atoms with Gasteiger partial charge in [0.05, 0.1) is 33.5 Å². The molecule has 1 atom stereocenters. The molecule has 1 heterocycles. The lowest BCUT2D eigenvalue weighted by Crippen LogP contribution is -2.28. The topological polar surface area (TPSA) is 107 Å². The molecule has 0 bridgehead atoms. The quantitative estimate of drug-likeness (QED) is 0.278. The van der Waals surface area contributed by atoms with Crippen molar-refractivity contribution in [1.82, 2.24) is 4.57 Å². The summed E-state index contributed by atoms with van der Waals surface area (Å²) in [4.78, 5) is 29.7. The van der Waals surface area contributed by atoms with Crippen molar-refractivity contribution in [3.05, 3.63) is 88.2 Å². The van der Waals surface area contributed by atoms with E-state index in [1.54, 1.807) is 41.8 Å². The first-order valence-corrected chi connectivity index (χ1v) is 14.2. The fourth-order valence-electron chi connectivity index (χ4n) is 3.96. The van der Waals surface area contributed by atoms with E-state index < -0.39 is 39.7 Å². The molecule has 0 fully saturated rings. The van der Waals surface area contributed by atoms with Crippen LogP contribution in [0.2, 0.25) is 0 Å². The van der Waals surface area contributed by atoms with Gasteiger partial charge in [-0.1, -0.05) is 36.0 Å². The van der Waals surface area contributed by atoms with Crippen molar-refractivity contribution in [2.45, 2.75) is 37.4 Å². The molecular weight excluding hydrogens is 567 g/mol. The number of alkyl halides is 3. The third kappa shape index (κ3) is 6.10. The number of anilines is 1. The molecule has 4 aromatic rings. The number of carbonyl (C=O) groups excluding carboxylic acids is 2. The van der Waals surface area contributed by atoms with E-state index in [2.05, 4.69) is 9.71 Å². The molecule has 210 valence electrons. The largest absolute Gasteiger partial charge is 0.467 e. The van der Waals surface area contributed by atoms with E-state index >= 15 is 0 Å². The number of halogens is 3. The Hall–Kier alpha value is -3.97. The number of aromatic nitrogens is 1. The predicted molar refractivity (Wildman–Crippen MR) is 144 cm³/mol. The Morgan fingerprint density at radius 2 is 1.70 bits per heavy atom. The molecule has 0 saturated carbocycles. The van der Waals surface area contributed by atoms with E-state index in [4.69, 9.17) is 4.74 Å². The lowest BCUT2D eigenvalue weighted by molar-refractivity contribution is -0.144. The van der Waals surface area contributed by atoms with E-state index in [1.165, 1.54) is 19.2 Å². The second kappa shape index (κ2) is 11.3. The first kappa shape index (κ1) is 29.0. The van der Waals surface area contributed by atoms with E-state index in [0.717, 1.165) is 29.0 Å². The number of sulfonamides is 1. The monoisotopic (exact) mass is 591 g/mol. The average molecular weight is 592 g/mol. The van der Waals surface area contributed by atoms with Gasteiger partial charge in [0.1, 0.15) is 6.04 Å². The van der Waals surface area contributed by atoms with Crippen LogP contribution in [-0.2, 0) is 25.7 Å². The summed E-state index contributed by atoms with van der Waals surface area (Å²) in [6.45, 7) is 3.66. The molecule has 3 aromatic carbocycles. The first-order chi connectivity index (χ1) is 18.8. The number of fused-ring (bicyclic) bond motifs is 1. The molecule has 0 radical (unpaired) electrons. The summed E-state index contributed by atoms with van der Waals surface area (Å²) in [5.74, 6) is -1.07. The lowest BCUT2D eigenvalue weighted by atomic mass is 10.1. The highest BCUT2D eigenvalue weighted by Crippen LogP contribution is 2.31. The summed E-state index contributed by atoms with van der Waals surface area (Å²) in [7, 11) is -2.96. The van der Waals surface area contributed by atoms with Crippen molar-refractivity contribution in [3.63, 3.8) is 0 Å². The number of esters is 1. The van der Waals surface area contributed by atoms with Gasteiger partial charge in [-0.25, -0.2) is 13.2 Å². The minimum Gasteiger partial charge on any atom is -0.467 e. The van der Waals surface area contributed by atoms with Crippen LogP contribution in [0.15, 0.2) is 76.6 Å². The summed E-state index contributed by atoms with van der Waals surface area (Å²) in [6.07, 6.45) is -4.27. The average Bonchev–Trinajstić information content (AvgIpc) is 3.25. The van der Waals surface area contributed by atoms with Gasteiger partial charge in [-0.05, 0) is 67.9 Å². The second-order valence-electron chi connectivity index (χ2n) is 8.79. The number of hydrogen-bond donors (Lipinski definition) is 1. The molecule has 1 N–H and O–H groups in total. The molecule has 1 aromatic heterocycles. The maximum absolute atomic E-state index is 13.0. The van der Waals surface area contributed by atoms with Crippen molar-refractivity contribution in [1.29, 1.82) is 0 Å². The van der Waals surface area contributed by atoms with Crippen LogP contribution < -0.4 is 9.52 Å². The Labute approximate surface area is 231 Å². The summed E-state index contributed by atoms with van der Waals surface area (Å²) in [6, 6.07) is 13.7.